The largest absolute Gasteiger partial charge is 0.311 e. The van der Waals surface area contributed by atoms with E-state index in [1.165, 1.54) is 24.6 Å². The number of rotatable bonds is 3. The summed E-state index contributed by atoms with van der Waals surface area (Å²) in [5.74, 6) is 2.54. The minimum absolute atomic E-state index is 0.372. The Morgan fingerprint density at radius 1 is 1.47 bits per heavy atom. The molecule has 2 nitrogen and oxygen atoms in total. The lowest BCUT2D eigenvalue weighted by atomic mass is 9.87. The zero-order valence-electron chi connectivity index (χ0n) is 10.8. The van der Waals surface area contributed by atoms with E-state index >= 15 is 0 Å². The molecule has 1 saturated heterocycles. The van der Waals surface area contributed by atoms with Crippen LogP contribution in [0.15, 0.2) is 0 Å². The number of thioether (sulfide) groups is 1. The lowest BCUT2D eigenvalue weighted by molar-refractivity contribution is 0.132. The number of hydrogen-bond acceptors (Lipinski definition) is 3. The highest BCUT2D eigenvalue weighted by atomic mass is 32.2. The molecule has 1 N–H and O–H groups in total. The summed E-state index contributed by atoms with van der Waals surface area (Å²) in [4.78, 5) is 2.49. The molecule has 0 aromatic rings. The Morgan fingerprint density at radius 3 is 2.60 bits per heavy atom. The van der Waals surface area contributed by atoms with Crippen molar-refractivity contribution in [3.8, 4) is 0 Å². The molecule has 0 saturated carbocycles. The molecule has 0 radical (unpaired) electrons. The van der Waals surface area contributed by atoms with Crippen LogP contribution in [-0.4, -0.2) is 48.6 Å². The van der Waals surface area contributed by atoms with Gasteiger partial charge in [-0.05, 0) is 19.4 Å². The quantitative estimate of drug-likeness (QED) is 0.799. The van der Waals surface area contributed by atoms with Crippen LogP contribution >= 0.6 is 11.8 Å². The van der Waals surface area contributed by atoms with Crippen molar-refractivity contribution in [3.63, 3.8) is 0 Å². The third-order valence-corrected chi connectivity index (χ3v) is 4.55. The molecule has 3 heteroatoms. The summed E-state index contributed by atoms with van der Waals surface area (Å²) >= 11 is 2.08. The molecule has 15 heavy (non-hydrogen) atoms. The Hall–Kier alpha value is 0.270. The predicted octanol–water partition coefficient (Wildman–Crippen LogP) is 2.06. The summed E-state index contributed by atoms with van der Waals surface area (Å²) in [6.45, 7) is 11.6. The van der Waals surface area contributed by atoms with Gasteiger partial charge in [0, 0.05) is 36.7 Å². The van der Waals surface area contributed by atoms with E-state index in [0.29, 0.717) is 17.5 Å². The van der Waals surface area contributed by atoms with Crippen LogP contribution < -0.4 is 5.32 Å². The van der Waals surface area contributed by atoms with Gasteiger partial charge in [-0.25, -0.2) is 0 Å². The van der Waals surface area contributed by atoms with Crippen molar-refractivity contribution in [1.82, 2.24) is 10.2 Å². The van der Waals surface area contributed by atoms with Crippen LogP contribution in [0.5, 0.6) is 0 Å². The first kappa shape index (κ1) is 13.3. The Bertz CT molecular complexity index is 183. The van der Waals surface area contributed by atoms with Gasteiger partial charge in [0.2, 0.25) is 0 Å². The maximum Gasteiger partial charge on any atom is 0.0285 e. The zero-order valence-corrected chi connectivity index (χ0v) is 11.7. The number of likely N-dealkylation sites (N-methyl/N-ethyl adjacent to an activating group) is 1. The summed E-state index contributed by atoms with van der Waals surface area (Å²) in [5, 5.41) is 3.59. The standard InChI is InChI=1S/C12H26N2S/c1-10(12(2,3)4)14(5)8-11-9-15-7-6-13-11/h10-11,13H,6-9H2,1-5H3. The maximum atomic E-state index is 3.59. The molecule has 1 fully saturated rings. The second kappa shape index (κ2) is 5.55. The normalized spacial score (nSPS) is 25.6. The highest BCUT2D eigenvalue weighted by Gasteiger charge is 2.25. The van der Waals surface area contributed by atoms with E-state index in [1.54, 1.807) is 0 Å². The van der Waals surface area contributed by atoms with Crippen molar-refractivity contribution < 1.29 is 0 Å². The van der Waals surface area contributed by atoms with E-state index in [-0.39, 0.29) is 0 Å². The van der Waals surface area contributed by atoms with E-state index in [2.05, 4.69) is 56.7 Å². The van der Waals surface area contributed by atoms with Crippen LogP contribution in [0, 0.1) is 5.41 Å². The fourth-order valence-corrected chi connectivity index (χ4v) is 2.84. The fourth-order valence-electron chi connectivity index (χ4n) is 1.90. The maximum absolute atomic E-state index is 3.59. The van der Waals surface area contributed by atoms with Gasteiger partial charge in [-0.1, -0.05) is 20.8 Å². The van der Waals surface area contributed by atoms with E-state index in [1.807, 2.05) is 0 Å². The van der Waals surface area contributed by atoms with E-state index in [4.69, 9.17) is 0 Å². The summed E-state index contributed by atoms with van der Waals surface area (Å²) in [6, 6.07) is 1.31. The molecular weight excluding hydrogens is 204 g/mol. The molecule has 0 aliphatic carbocycles. The van der Waals surface area contributed by atoms with Gasteiger partial charge in [0.25, 0.3) is 0 Å². The first-order valence-electron chi connectivity index (χ1n) is 5.92. The minimum Gasteiger partial charge on any atom is -0.311 e. The summed E-state index contributed by atoms with van der Waals surface area (Å²) in [7, 11) is 2.25. The lowest BCUT2D eigenvalue weighted by Gasteiger charge is -2.38. The van der Waals surface area contributed by atoms with Crippen molar-refractivity contribution in [2.75, 3.05) is 31.6 Å². The molecule has 0 bridgehead atoms. The lowest BCUT2D eigenvalue weighted by Crippen LogP contribution is -2.49. The van der Waals surface area contributed by atoms with Gasteiger partial charge in [0.05, 0.1) is 0 Å². The van der Waals surface area contributed by atoms with Gasteiger partial charge in [0.15, 0.2) is 0 Å². The monoisotopic (exact) mass is 230 g/mol. The molecule has 1 heterocycles. The molecule has 90 valence electrons. The second-order valence-electron chi connectivity index (χ2n) is 5.71. The number of nitrogens with zero attached hydrogens (tertiary/aromatic N) is 1. The average molecular weight is 230 g/mol. The van der Waals surface area contributed by atoms with Crippen LogP contribution in [0.1, 0.15) is 27.7 Å². The van der Waals surface area contributed by atoms with Crippen LogP contribution in [-0.2, 0) is 0 Å². The Morgan fingerprint density at radius 2 is 2.13 bits per heavy atom. The van der Waals surface area contributed by atoms with Gasteiger partial charge in [-0.15, -0.1) is 0 Å². The van der Waals surface area contributed by atoms with Gasteiger partial charge in [-0.2, -0.15) is 11.8 Å². The topological polar surface area (TPSA) is 15.3 Å². The highest BCUT2D eigenvalue weighted by Crippen LogP contribution is 2.23. The van der Waals surface area contributed by atoms with Crippen LogP contribution in [0.25, 0.3) is 0 Å². The molecule has 0 spiro atoms. The Kier molecular flexibility index (Phi) is 4.94. The minimum atomic E-state index is 0.372. The van der Waals surface area contributed by atoms with Crippen molar-refractivity contribution in [2.45, 2.75) is 39.8 Å². The molecule has 2 atom stereocenters. The molecule has 1 aliphatic heterocycles. The predicted molar refractivity (Wildman–Crippen MR) is 70.7 cm³/mol. The zero-order chi connectivity index (χ0) is 11.5. The molecule has 1 rings (SSSR count). The van der Waals surface area contributed by atoms with Crippen molar-refractivity contribution in [2.24, 2.45) is 5.41 Å². The Labute approximate surface area is 99.2 Å². The smallest absolute Gasteiger partial charge is 0.0285 e. The molecule has 0 aromatic heterocycles. The van der Waals surface area contributed by atoms with Gasteiger partial charge >= 0.3 is 0 Å². The molecule has 0 aromatic carbocycles. The van der Waals surface area contributed by atoms with Gasteiger partial charge in [-0.3, -0.25) is 0 Å². The van der Waals surface area contributed by atoms with Gasteiger partial charge in [0.1, 0.15) is 0 Å². The Balaban J connectivity index is 2.36. The first-order valence-corrected chi connectivity index (χ1v) is 7.08. The number of nitrogens with one attached hydrogen (secondary N) is 1. The summed E-state index contributed by atoms with van der Waals surface area (Å²) in [5.41, 5.74) is 0.372. The average Bonchev–Trinajstić information content (AvgIpc) is 2.16. The third kappa shape index (κ3) is 4.33. The molecule has 2 unspecified atom stereocenters. The van der Waals surface area contributed by atoms with E-state index < -0.39 is 0 Å². The molecular formula is C12H26N2S. The van der Waals surface area contributed by atoms with Crippen molar-refractivity contribution in [3.05, 3.63) is 0 Å². The fraction of sp³-hybridized carbons (Fsp3) is 1.00. The molecule has 0 amide bonds. The first-order chi connectivity index (χ1) is 6.91. The van der Waals surface area contributed by atoms with Gasteiger partial charge < -0.3 is 10.2 Å². The van der Waals surface area contributed by atoms with Crippen LogP contribution in [0.3, 0.4) is 0 Å². The SMILES string of the molecule is CC(N(C)CC1CSCCN1)C(C)(C)C. The van der Waals surface area contributed by atoms with Crippen LogP contribution in [0.4, 0.5) is 0 Å². The van der Waals surface area contributed by atoms with Crippen LogP contribution in [0.2, 0.25) is 0 Å². The van der Waals surface area contributed by atoms with Crippen molar-refractivity contribution in [1.29, 1.82) is 0 Å². The second-order valence-corrected chi connectivity index (χ2v) is 6.86. The number of hydrogen-bond donors (Lipinski definition) is 1. The third-order valence-electron chi connectivity index (χ3n) is 3.42. The van der Waals surface area contributed by atoms with E-state index in [9.17, 15) is 0 Å². The molecule has 1 aliphatic rings. The summed E-state index contributed by atoms with van der Waals surface area (Å²) < 4.78 is 0. The van der Waals surface area contributed by atoms with Crippen molar-refractivity contribution >= 4 is 11.8 Å². The summed E-state index contributed by atoms with van der Waals surface area (Å²) in [6.07, 6.45) is 0. The highest BCUT2D eigenvalue weighted by molar-refractivity contribution is 7.99. The van der Waals surface area contributed by atoms with E-state index in [0.717, 1.165) is 0 Å².